The van der Waals surface area contributed by atoms with Gasteiger partial charge in [-0.05, 0) is 37.3 Å². The lowest BCUT2D eigenvalue weighted by Crippen LogP contribution is -2.18. The second kappa shape index (κ2) is 8.58. The van der Waals surface area contributed by atoms with Crippen LogP contribution in [0.2, 0.25) is 5.02 Å². The van der Waals surface area contributed by atoms with Crippen molar-refractivity contribution in [2.75, 3.05) is 11.9 Å². The zero-order valence-corrected chi connectivity index (χ0v) is 15.5. The maximum Gasteiger partial charge on any atom is 0.417 e. The van der Waals surface area contributed by atoms with E-state index < -0.39 is 17.9 Å². The van der Waals surface area contributed by atoms with Crippen LogP contribution in [0.3, 0.4) is 0 Å². The summed E-state index contributed by atoms with van der Waals surface area (Å²) in [6, 6.07) is 13.5. The molecule has 0 aliphatic carbocycles. The number of carbonyl (C=O) groups excluding carboxylic acids is 2. The molecule has 0 atom stereocenters. The zero-order chi connectivity index (χ0) is 20.1. The number of anilines is 1. The molecule has 0 bridgehead atoms. The van der Waals surface area contributed by atoms with E-state index in [1.54, 1.807) is 37.3 Å². The molecule has 0 spiro atoms. The molecule has 3 aromatic rings. The summed E-state index contributed by atoms with van der Waals surface area (Å²) in [6.07, 6.45) is -0.825. The lowest BCUT2D eigenvalue weighted by molar-refractivity contribution is 0.0492. The van der Waals surface area contributed by atoms with Crippen molar-refractivity contribution in [1.82, 2.24) is 0 Å². The number of furan rings is 1. The molecule has 0 radical (unpaired) electrons. The molecule has 2 aromatic carbocycles. The number of amides is 1. The van der Waals surface area contributed by atoms with Crippen molar-refractivity contribution in [2.24, 2.45) is 0 Å². The number of nitrogens with one attached hydrogen (secondary N) is 1. The first-order chi connectivity index (χ1) is 13.5. The summed E-state index contributed by atoms with van der Waals surface area (Å²) in [6.45, 7) is 1.75. The normalized spacial score (nSPS) is 10.4. The number of para-hydroxylation sites is 1. The summed E-state index contributed by atoms with van der Waals surface area (Å²) in [7, 11) is 0. The van der Waals surface area contributed by atoms with E-state index in [-0.39, 0.29) is 28.8 Å². The van der Waals surface area contributed by atoms with Crippen LogP contribution in [0.5, 0.6) is 5.75 Å². The molecular weight excluding hydrogens is 389 g/mol. The van der Waals surface area contributed by atoms with Gasteiger partial charge in [0.2, 0.25) is 5.76 Å². The molecule has 28 heavy (non-hydrogen) atoms. The Kier molecular flexibility index (Phi) is 5.96. The lowest BCUT2D eigenvalue weighted by atomic mass is 10.1. The van der Waals surface area contributed by atoms with Crippen molar-refractivity contribution in [2.45, 2.75) is 6.92 Å². The molecule has 1 aromatic heterocycles. The summed E-state index contributed by atoms with van der Waals surface area (Å²) < 4.78 is 28.9. The van der Waals surface area contributed by atoms with Crippen LogP contribution in [-0.2, 0) is 4.74 Å². The zero-order valence-electron chi connectivity index (χ0n) is 14.7. The van der Waals surface area contributed by atoms with Crippen LogP contribution >= 0.6 is 11.6 Å². The van der Waals surface area contributed by atoms with E-state index in [1.807, 2.05) is 0 Å². The smallest absolute Gasteiger partial charge is 0.417 e. The van der Waals surface area contributed by atoms with E-state index >= 15 is 0 Å². The third-order valence-corrected chi connectivity index (χ3v) is 3.89. The number of halogens is 2. The first kappa shape index (κ1) is 19.4. The number of esters is 1. The van der Waals surface area contributed by atoms with Crippen molar-refractivity contribution in [3.05, 3.63) is 71.2 Å². The van der Waals surface area contributed by atoms with E-state index in [4.69, 9.17) is 25.5 Å². The standard InChI is InChI=1S/C20H15ClFNO5/c1-2-26-19(24)18-16(23-20(25)27-13-6-4-3-5-7-13)11-17(28-18)14-9-8-12(22)10-15(14)21/h3-11H,2H2,1H3,(H,23,25). The second-order valence-electron chi connectivity index (χ2n) is 5.53. The Hall–Kier alpha value is -3.32. The first-order valence-corrected chi connectivity index (χ1v) is 8.66. The minimum Gasteiger partial charge on any atom is -0.460 e. The molecular formula is C20H15ClFNO5. The van der Waals surface area contributed by atoms with Gasteiger partial charge in [-0.3, -0.25) is 5.32 Å². The number of hydrogen-bond donors (Lipinski definition) is 1. The van der Waals surface area contributed by atoms with Crippen molar-refractivity contribution in [3.8, 4) is 17.1 Å². The van der Waals surface area contributed by atoms with Crippen LogP contribution in [0.4, 0.5) is 14.9 Å². The highest BCUT2D eigenvalue weighted by atomic mass is 35.5. The highest BCUT2D eigenvalue weighted by Crippen LogP contribution is 2.34. The maximum absolute atomic E-state index is 13.3. The first-order valence-electron chi connectivity index (χ1n) is 8.28. The predicted molar refractivity (Wildman–Crippen MR) is 101 cm³/mol. The molecule has 8 heteroatoms. The number of hydrogen-bond acceptors (Lipinski definition) is 5. The van der Waals surface area contributed by atoms with Gasteiger partial charge in [-0.25, -0.2) is 14.0 Å². The van der Waals surface area contributed by atoms with Crippen molar-refractivity contribution >= 4 is 29.4 Å². The molecule has 0 fully saturated rings. The fourth-order valence-corrected chi connectivity index (χ4v) is 2.65. The Morgan fingerprint density at radius 1 is 1.14 bits per heavy atom. The summed E-state index contributed by atoms with van der Waals surface area (Å²) in [5.74, 6) is -1.05. The fourth-order valence-electron chi connectivity index (χ4n) is 2.39. The topological polar surface area (TPSA) is 77.8 Å². The Labute approximate surface area is 164 Å². The van der Waals surface area contributed by atoms with Crippen molar-refractivity contribution < 1.29 is 27.9 Å². The van der Waals surface area contributed by atoms with Gasteiger partial charge >= 0.3 is 12.1 Å². The van der Waals surface area contributed by atoms with Crippen LogP contribution in [0.15, 0.2) is 59.0 Å². The molecule has 0 saturated carbocycles. The fraction of sp³-hybridized carbons (Fsp3) is 0.100. The van der Waals surface area contributed by atoms with Crippen molar-refractivity contribution in [1.29, 1.82) is 0 Å². The number of rotatable bonds is 5. The lowest BCUT2D eigenvalue weighted by Gasteiger charge is -2.06. The minimum atomic E-state index is -0.825. The van der Waals surface area contributed by atoms with E-state index in [1.165, 1.54) is 18.2 Å². The van der Waals surface area contributed by atoms with Gasteiger partial charge in [-0.2, -0.15) is 0 Å². The molecule has 1 amide bonds. The largest absolute Gasteiger partial charge is 0.460 e. The van der Waals surface area contributed by atoms with Gasteiger partial charge in [0.05, 0.1) is 17.3 Å². The monoisotopic (exact) mass is 403 g/mol. The molecule has 1 N–H and O–H groups in total. The summed E-state index contributed by atoms with van der Waals surface area (Å²) in [4.78, 5) is 24.4. The number of ether oxygens (including phenoxy) is 2. The summed E-state index contributed by atoms with van der Waals surface area (Å²) >= 11 is 6.05. The van der Waals surface area contributed by atoms with Crippen molar-refractivity contribution in [3.63, 3.8) is 0 Å². The average molecular weight is 404 g/mol. The van der Waals surface area contributed by atoms with Gasteiger partial charge < -0.3 is 13.9 Å². The molecule has 6 nitrogen and oxygen atoms in total. The number of carbonyl (C=O) groups is 2. The average Bonchev–Trinajstić information content (AvgIpc) is 3.06. The molecule has 0 unspecified atom stereocenters. The van der Waals surface area contributed by atoms with Crippen LogP contribution in [-0.4, -0.2) is 18.7 Å². The van der Waals surface area contributed by atoms with Gasteiger partial charge in [0, 0.05) is 11.6 Å². The van der Waals surface area contributed by atoms with E-state index in [0.29, 0.717) is 11.3 Å². The Bertz CT molecular complexity index is 1000. The van der Waals surface area contributed by atoms with E-state index in [9.17, 15) is 14.0 Å². The Morgan fingerprint density at radius 3 is 2.57 bits per heavy atom. The van der Waals surface area contributed by atoms with Gasteiger partial charge in [0.1, 0.15) is 17.3 Å². The van der Waals surface area contributed by atoms with E-state index in [2.05, 4.69) is 5.32 Å². The Morgan fingerprint density at radius 2 is 1.89 bits per heavy atom. The van der Waals surface area contributed by atoms with Crippen LogP contribution < -0.4 is 10.1 Å². The van der Waals surface area contributed by atoms with Crippen LogP contribution in [0, 0.1) is 5.82 Å². The van der Waals surface area contributed by atoms with E-state index in [0.717, 1.165) is 6.07 Å². The highest BCUT2D eigenvalue weighted by molar-refractivity contribution is 6.33. The summed E-state index contributed by atoms with van der Waals surface area (Å²) in [5, 5.41) is 2.53. The molecule has 3 rings (SSSR count). The SMILES string of the molecule is CCOC(=O)c1oc(-c2ccc(F)cc2Cl)cc1NC(=O)Oc1ccccc1. The molecule has 1 heterocycles. The quantitative estimate of drug-likeness (QED) is 0.567. The predicted octanol–water partition coefficient (Wildman–Crippen LogP) is 5.53. The second-order valence-corrected chi connectivity index (χ2v) is 5.93. The van der Waals surface area contributed by atoms with Gasteiger partial charge in [0.15, 0.2) is 0 Å². The third kappa shape index (κ3) is 4.50. The van der Waals surface area contributed by atoms with Gasteiger partial charge in [-0.1, -0.05) is 29.8 Å². The van der Waals surface area contributed by atoms with Crippen LogP contribution in [0.1, 0.15) is 17.5 Å². The minimum absolute atomic E-state index is 0.0368. The highest BCUT2D eigenvalue weighted by Gasteiger charge is 2.23. The molecule has 144 valence electrons. The third-order valence-electron chi connectivity index (χ3n) is 3.58. The van der Waals surface area contributed by atoms with Gasteiger partial charge in [-0.15, -0.1) is 0 Å². The maximum atomic E-state index is 13.3. The van der Waals surface area contributed by atoms with Gasteiger partial charge in [0.25, 0.3) is 0 Å². The molecule has 0 aliphatic rings. The molecule has 0 aliphatic heterocycles. The summed E-state index contributed by atoms with van der Waals surface area (Å²) in [5.41, 5.74) is 0.382. The van der Waals surface area contributed by atoms with Crippen LogP contribution in [0.25, 0.3) is 11.3 Å². The number of benzene rings is 2. The molecule has 0 saturated heterocycles. The Balaban J connectivity index is 1.91.